The zero-order valence-corrected chi connectivity index (χ0v) is 7.34. The minimum atomic E-state index is 0.296. The fraction of sp³-hybridized carbons (Fsp3) is 0.333. The number of ether oxygens (including phenoxy) is 1. The second-order valence-corrected chi connectivity index (χ2v) is 3.24. The smallest absolute Gasteiger partial charge is 0.138 e. The van der Waals surface area contributed by atoms with Gasteiger partial charge in [-0.2, -0.15) is 0 Å². The van der Waals surface area contributed by atoms with Crippen LogP contribution in [0.25, 0.3) is 0 Å². The van der Waals surface area contributed by atoms with E-state index in [2.05, 4.69) is 5.32 Å². The van der Waals surface area contributed by atoms with E-state index in [4.69, 9.17) is 16.3 Å². The molecule has 1 aromatic rings. The Balaban J connectivity index is 2.06. The van der Waals surface area contributed by atoms with Crippen LogP contribution in [0.1, 0.15) is 0 Å². The fourth-order valence-corrected chi connectivity index (χ4v) is 1.25. The Bertz CT molecular complexity index is 273. The third kappa shape index (κ3) is 1.54. The molecule has 1 saturated heterocycles. The van der Waals surface area contributed by atoms with Gasteiger partial charge in [-0.15, -0.1) is 0 Å². The third-order valence-electron chi connectivity index (χ3n) is 1.87. The topological polar surface area (TPSA) is 21.3 Å². The monoisotopic (exact) mass is 183 g/mol. The molecule has 0 spiro atoms. The second-order valence-electron chi connectivity index (χ2n) is 2.83. The Labute approximate surface area is 76.5 Å². The molecule has 2 rings (SSSR count). The van der Waals surface area contributed by atoms with Gasteiger partial charge in [0.25, 0.3) is 0 Å². The maximum Gasteiger partial charge on any atom is 0.138 e. The van der Waals surface area contributed by atoms with Crippen molar-refractivity contribution in [1.82, 2.24) is 5.32 Å². The summed E-state index contributed by atoms with van der Waals surface area (Å²) in [6, 6.07) is 7.55. The van der Waals surface area contributed by atoms with Crippen molar-refractivity contribution in [1.29, 1.82) is 0 Å². The minimum absolute atomic E-state index is 0.296. The highest BCUT2D eigenvalue weighted by atomic mass is 35.5. The lowest BCUT2D eigenvalue weighted by atomic mass is 10.2. The van der Waals surface area contributed by atoms with Gasteiger partial charge >= 0.3 is 0 Å². The first-order valence-electron chi connectivity index (χ1n) is 3.98. The number of halogens is 1. The number of hydrogen-bond acceptors (Lipinski definition) is 2. The van der Waals surface area contributed by atoms with Crippen LogP contribution in [0.15, 0.2) is 24.3 Å². The van der Waals surface area contributed by atoms with Crippen LogP contribution in [0.5, 0.6) is 5.75 Å². The van der Waals surface area contributed by atoms with Crippen molar-refractivity contribution in [2.75, 3.05) is 13.1 Å². The van der Waals surface area contributed by atoms with E-state index in [1.807, 2.05) is 24.3 Å². The van der Waals surface area contributed by atoms with Gasteiger partial charge in [0.2, 0.25) is 0 Å². The van der Waals surface area contributed by atoms with Crippen molar-refractivity contribution >= 4 is 11.6 Å². The first-order chi connectivity index (χ1) is 5.86. The molecule has 12 heavy (non-hydrogen) atoms. The molecule has 3 heteroatoms. The maximum absolute atomic E-state index is 5.90. The summed E-state index contributed by atoms with van der Waals surface area (Å²) in [7, 11) is 0. The van der Waals surface area contributed by atoms with E-state index in [9.17, 15) is 0 Å². The number of benzene rings is 1. The molecule has 1 aliphatic heterocycles. The molecular formula is C9H10ClNO. The van der Waals surface area contributed by atoms with Gasteiger partial charge in [0.15, 0.2) is 0 Å². The molecule has 64 valence electrons. The number of rotatable bonds is 2. The van der Waals surface area contributed by atoms with E-state index in [1.165, 1.54) is 0 Å². The van der Waals surface area contributed by atoms with Gasteiger partial charge in [-0.3, -0.25) is 0 Å². The van der Waals surface area contributed by atoms with Gasteiger partial charge in [-0.25, -0.2) is 0 Å². The Morgan fingerprint density at radius 2 is 2.08 bits per heavy atom. The summed E-state index contributed by atoms with van der Waals surface area (Å²) in [6.07, 6.45) is 0.296. The lowest BCUT2D eigenvalue weighted by Crippen LogP contribution is -2.50. The highest BCUT2D eigenvalue weighted by Gasteiger charge is 2.18. The largest absolute Gasteiger partial charge is 0.486 e. The van der Waals surface area contributed by atoms with Gasteiger partial charge in [-0.05, 0) is 12.1 Å². The van der Waals surface area contributed by atoms with Gasteiger partial charge < -0.3 is 10.1 Å². The predicted molar refractivity (Wildman–Crippen MR) is 48.7 cm³/mol. The Morgan fingerprint density at radius 1 is 1.33 bits per heavy atom. The summed E-state index contributed by atoms with van der Waals surface area (Å²) in [6.45, 7) is 1.84. The standard InChI is InChI=1S/C9H10ClNO/c10-8-3-1-2-4-9(8)12-7-5-11-6-7/h1-4,7,11H,5-6H2. The average Bonchev–Trinajstić information content (AvgIpc) is 2.00. The maximum atomic E-state index is 5.90. The zero-order valence-electron chi connectivity index (χ0n) is 6.59. The Hall–Kier alpha value is -0.730. The first-order valence-corrected chi connectivity index (χ1v) is 4.36. The molecule has 0 unspecified atom stereocenters. The van der Waals surface area contributed by atoms with E-state index >= 15 is 0 Å². The minimum Gasteiger partial charge on any atom is -0.486 e. The van der Waals surface area contributed by atoms with Crippen LogP contribution in [0, 0.1) is 0 Å². The van der Waals surface area contributed by atoms with Crippen molar-refractivity contribution in [3.05, 3.63) is 29.3 Å². The molecule has 2 nitrogen and oxygen atoms in total. The molecule has 0 atom stereocenters. The number of hydrogen-bond donors (Lipinski definition) is 1. The van der Waals surface area contributed by atoms with Crippen molar-refractivity contribution in [2.24, 2.45) is 0 Å². The molecule has 1 fully saturated rings. The molecule has 1 aromatic carbocycles. The lowest BCUT2D eigenvalue weighted by molar-refractivity contribution is 0.142. The summed E-state index contributed by atoms with van der Waals surface area (Å²) < 4.78 is 5.59. The average molecular weight is 184 g/mol. The van der Waals surface area contributed by atoms with Gasteiger partial charge in [-0.1, -0.05) is 23.7 Å². The van der Waals surface area contributed by atoms with E-state index in [0.29, 0.717) is 11.1 Å². The molecule has 1 heterocycles. The molecule has 0 bridgehead atoms. The van der Waals surface area contributed by atoms with E-state index in [-0.39, 0.29) is 0 Å². The summed E-state index contributed by atoms with van der Waals surface area (Å²) >= 11 is 5.90. The van der Waals surface area contributed by atoms with Crippen LogP contribution in [-0.4, -0.2) is 19.2 Å². The van der Waals surface area contributed by atoms with Crippen LogP contribution in [0.3, 0.4) is 0 Å². The highest BCUT2D eigenvalue weighted by Crippen LogP contribution is 2.24. The molecule has 0 saturated carbocycles. The normalized spacial score (nSPS) is 17.1. The van der Waals surface area contributed by atoms with E-state index < -0.39 is 0 Å². The number of para-hydroxylation sites is 1. The van der Waals surface area contributed by atoms with Crippen molar-refractivity contribution in [3.63, 3.8) is 0 Å². The SMILES string of the molecule is Clc1ccccc1OC1CNC1. The summed E-state index contributed by atoms with van der Waals surface area (Å²) in [5.41, 5.74) is 0. The third-order valence-corrected chi connectivity index (χ3v) is 2.19. The predicted octanol–water partition coefficient (Wildman–Crippen LogP) is 1.69. The van der Waals surface area contributed by atoms with Crippen LogP contribution in [0.4, 0.5) is 0 Å². The van der Waals surface area contributed by atoms with Gasteiger partial charge in [0.05, 0.1) is 5.02 Å². The van der Waals surface area contributed by atoms with Crippen LogP contribution >= 0.6 is 11.6 Å². The van der Waals surface area contributed by atoms with Crippen LogP contribution in [0.2, 0.25) is 5.02 Å². The number of nitrogens with one attached hydrogen (secondary N) is 1. The molecule has 1 N–H and O–H groups in total. The second kappa shape index (κ2) is 3.33. The van der Waals surface area contributed by atoms with Gasteiger partial charge in [0.1, 0.15) is 11.9 Å². The Morgan fingerprint density at radius 3 is 2.67 bits per heavy atom. The van der Waals surface area contributed by atoms with E-state index in [0.717, 1.165) is 18.8 Å². The summed E-state index contributed by atoms with van der Waals surface area (Å²) in [5.74, 6) is 0.783. The van der Waals surface area contributed by atoms with Crippen molar-refractivity contribution < 1.29 is 4.74 Å². The molecule has 0 aliphatic carbocycles. The van der Waals surface area contributed by atoms with Crippen LogP contribution in [-0.2, 0) is 0 Å². The fourth-order valence-electron chi connectivity index (χ4n) is 1.07. The van der Waals surface area contributed by atoms with Crippen molar-refractivity contribution in [3.8, 4) is 5.75 Å². The lowest BCUT2D eigenvalue weighted by Gasteiger charge is -2.28. The van der Waals surface area contributed by atoms with Gasteiger partial charge in [0, 0.05) is 13.1 Å². The van der Waals surface area contributed by atoms with Crippen molar-refractivity contribution in [2.45, 2.75) is 6.10 Å². The quantitative estimate of drug-likeness (QED) is 0.754. The van der Waals surface area contributed by atoms with E-state index in [1.54, 1.807) is 0 Å². The molecule has 1 aliphatic rings. The first kappa shape index (κ1) is 7.90. The zero-order chi connectivity index (χ0) is 8.39. The molecule has 0 amide bonds. The molecule has 0 radical (unpaired) electrons. The van der Waals surface area contributed by atoms with Crippen LogP contribution < -0.4 is 10.1 Å². The Kier molecular flexibility index (Phi) is 2.19. The highest BCUT2D eigenvalue weighted by molar-refractivity contribution is 6.32. The molecule has 0 aromatic heterocycles. The summed E-state index contributed by atoms with van der Waals surface area (Å²) in [5, 5.41) is 3.82. The summed E-state index contributed by atoms with van der Waals surface area (Å²) in [4.78, 5) is 0. The molecular weight excluding hydrogens is 174 g/mol.